The third-order valence-electron chi connectivity index (χ3n) is 3.24. The zero-order valence-corrected chi connectivity index (χ0v) is 13.7. The molecule has 0 heterocycles. The fourth-order valence-electron chi connectivity index (χ4n) is 1.99. The van der Waals surface area contributed by atoms with E-state index in [9.17, 15) is 14.7 Å². The second kappa shape index (κ2) is 9.07. The summed E-state index contributed by atoms with van der Waals surface area (Å²) in [4.78, 5) is 23.4. The average molecular weight is 341 g/mol. The number of aromatic hydroxyl groups is 1. The number of phenolic OH excluding ortho intramolecular Hbond substituents is 1. The molecule has 0 unspecified atom stereocenters. The van der Waals surface area contributed by atoms with Crippen molar-refractivity contribution >= 4 is 23.7 Å². The Morgan fingerprint density at radius 1 is 1.12 bits per heavy atom. The van der Waals surface area contributed by atoms with Crippen LogP contribution in [0, 0.1) is 0 Å². The van der Waals surface area contributed by atoms with Crippen molar-refractivity contribution in [3.63, 3.8) is 0 Å². The maximum atomic E-state index is 11.7. The van der Waals surface area contributed by atoms with Gasteiger partial charge in [0.25, 0.3) is 0 Å². The molecule has 0 saturated heterocycles. The number of hydrogen-bond acceptors (Lipinski definition) is 5. The first kappa shape index (κ1) is 18.0. The van der Waals surface area contributed by atoms with Crippen LogP contribution in [0.5, 0.6) is 11.5 Å². The molecule has 0 aliphatic heterocycles. The number of phenols is 1. The van der Waals surface area contributed by atoms with Gasteiger partial charge in [0.1, 0.15) is 0 Å². The number of nitrogens with zero attached hydrogens (tertiary/aromatic N) is 1. The lowest BCUT2D eigenvalue weighted by molar-refractivity contribution is -0.124. The number of benzene rings is 2. The van der Waals surface area contributed by atoms with Crippen molar-refractivity contribution in [2.75, 3.05) is 12.4 Å². The molecule has 25 heavy (non-hydrogen) atoms. The smallest absolute Gasteiger partial charge is 0.240 e. The van der Waals surface area contributed by atoms with Crippen LogP contribution in [0.1, 0.15) is 18.4 Å². The van der Waals surface area contributed by atoms with Crippen LogP contribution >= 0.6 is 0 Å². The van der Waals surface area contributed by atoms with Gasteiger partial charge < -0.3 is 15.2 Å². The number of ether oxygens (including phenoxy) is 1. The first-order valence-corrected chi connectivity index (χ1v) is 7.62. The fourth-order valence-corrected chi connectivity index (χ4v) is 1.99. The lowest BCUT2D eigenvalue weighted by Gasteiger charge is -2.04. The van der Waals surface area contributed by atoms with Gasteiger partial charge in [-0.1, -0.05) is 18.2 Å². The quantitative estimate of drug-likeness (QED) is 0.531. The van der Waals surface area contributed by atoms with Gasteiger partial charge in [-0.05, 0) is 35.9 Å². The molecule has 0 aromatic heterocycles. The van der Waals surface area contributed by atoms with E-state index in [2.05, 4.69) is 15.8 Å². The maximum Gasteiger partial charge on any atom is 0.240 e. The Morgan fingerprint density at radius 2 is 1.84 bits per heavy atom. The Morgan fingerprint density at radius 3 is 2.52 bits per heavy atom. The van der Waals surface area contributed by atoms with Gasteiger partial charge in [0.15, 0.2) is 11.5 Å². The van der Waals surface area contributed by atoms with Crippen molar-refractivity contribution in [3.05, 3.63) is 54.1 Å². The molecule has 130 valence electrons. The third kappa shape index (κ3) is 5.98. The molecule has 3 N–H and O–H groups in total. The van der Waals surface area contributed by atoms with Crippen LogP contribution in [0.15, 0.2) is 53.6 Å². The zero-order valence-electron chi connectivity index (χ0n) is 13.7. The van der Waals surface area contributed by atoms with Crippen LogP contribution in [-0.4, -0.2) is 30.2 Å². The van der Waals surface area contributed by atoms with Gasteiger partial charge in [0.05, 0.1) is 13.3 Å². The number of carbonyl (C=O) groups is 2. The summed E-state index contributed by atoms with van der Waals surface area (Å²) in [5.41, 5.74) is 3.62. The molecule has 7 nitrogen and oxygen atoms in total. The highest BCUT2D eigenvalue weighted by Gasteiger charge is 2.06. The predicted molar refractivity (Wildman–Crippen MR) is 94.7 cm³/mol. The predicted octanol–water partition coefficient (Wildman–Crippen LogP) is 2.27. The summed E-state index contributed by atoms with van der Waals surface area (Å²) in [5, 5.41) is 16.1. The highest BCUT2D eigenvalue weighted by molar-refractivity contribution is 5.93. The van der Waals surface area contributed by atoms with Gasteiger partial charge in [-0.25, -0.2) is 5.43 Å². The minimum atomic E-state index is -0.378. The second-order valence-corrected chi connectivity index (χ2v) is 5.14. The number of methoxy groups -OCH3 is 1. The van der Waals surface area contributed by atoms with E-state index in [0.29, 0.717) is 17.0 Å². The molecule has 2 aromatic carbocycles. The fraction of sp³-hybridized carbons (Fsp3) is 0.167. The summed E-state index contributed by atoms with van der Waals surface area (Å²) in [5.74, 6) is -0.288. The van der Waals surface area contributed by atoms with E-state index < -0.39 is 0 Å². The van der Waals surface area contributed by atoms with Crippen molar-refractivity contribution in [1.82, 2.24) is 5.43 Å². The number of hydrazone groups is 1. The van der Waals surface area contributed by atoms with Crippen LogP contribution in [0.3, 0.4) is 0 Å². The van der Waals surface area contributed by atoms with Gasteiger partial charge in [0, 0.05) is 18.5 Å². The highest BCUT2D eigenvalue weighted by atomic mass is 16.5. The molecule has 2 amide bonds. The number of rotatable bonds is 7. The van der Waals surface area contributed by atoms with Crippen molar-refractivity contribution in [2.45, 2.75) is 12.8 Å². The lowest BCUT2D eigenvalue weighted by Crippen LogP contribution is -2.20. The summed E-state index contributed by atoms with van der Waals surface area (Å²) in [6.45, 7) is 0. The first-order valence-electron chi connectivity index (χ1n) is 7.62. The number of hydrogen-bond donors (Lipinski definition) is 3. The summed E-state index contributed by atoms with van der Waals surface area (Å²) >= 11 is 0. The van der Waals surface area contributed by atoms with E-state index in [1.165, 1.54) is 19.4 Å². The Bertz CT molecular complexity index is 760. The van der Waals surface area contributed by atoms with E-state index in [1.54, 1.807) is 24.3 Å². The van der Waals surface area contributed by atoms with E-state index in [4.69, 9.17) is 4.74 Å². The molecule has 0 aliphatic rings. The third-order valence-corrected chi connectivity index (χ3v) is 3.24. The van der Waals surface area contributed by atoms with E-state index in [0.717, 1.165) is 0 Å². The van der Waals surface area contributed by atoms with Crippen LogP contribution < -0.4 is 15.5 Å². The zero-order chi connectivity index (χ0) is 18.1. The number of nitrogens with one attached hydrogen (secondary N) is 2. The molecular weight excluding hydrogens is 322 g/mol. The summed E-state index contributed by atoms with van der Waals surface area (Å²) in [7, 11) is 1.46. The number of anilines is 1. The van der Waals surface area contributed by atoms with Gasteiger partial charge in [-0.15, -0.1) is 0 Å². The molecule has 0 aliphatic carbocycles. The van der Waals surface area contributed by atoms with E-state index in [-0.39, 0.29) is 30.4 Å². The van der Waals surface area contributed by atoms with Crippen LogP contribution in [0.2, 0.25) is 0 Å². The Balaban J connectivity index is 1.75. The Kier molecular flexibility index (Phi) is 6.53. The van der Waals surface area contributed by atoms with Crippen LogP contribution in [0.4, 0.5) is 5.69 Å². The number of carbonyl (C=O) groups excluding carboxylic acids is 2. The first-order chi connectivity index (χ1) is 12.1. The standard InChI is InChI=1S/C18H19N3O4/c1-25-16-8-7-13(11-15(16)22)12-19-21-18(24)10-9-17(23)20-14-5-3-2-4-6-14/h2-8,11-12,22H,9-10H2,1H3,(H,20,23)(H,21,24)/b19-12+. The normalized spacial score (nSPS) is 10.4. The molecule has 7 heteroatoms. The molecule has 0 bridgehead atoms. The van der Waals surface area contributed by atoms with Crippen molar-refractivity contribution < 1.29 is 19.4 Å². The number of amides is 2. The van der Waals surface area contributed by atoms with Gasteiger partial charge in [0.2, 0.25) is 11.8 Å². The molecule has 2 aromatic rings. The topological polar surface area (TPSA) is 100 Å². The van der Waals surface area contributed by atoms with Crippen LogP contribution in [-0.2, 0) is 9.59 Å². The second-order valence-electron chi connectivity index (χ2n) is 5.14. The number of para-hydroxylation sites is 1. The van der Waals surface area contributed by atoms with Gasteiger partial charge in [-0.3, -0.25) is 9.59 Å². The van der Waals surface area contributed by atoms with E-state index >= 15 is 0 Å². The van der Waals surface area contributed by atoms with Crippen LogP contribution in [0.25, 0.3) is 0 Å². The summed E-state index contributed by atoms with van der Waals surface area (Å²) in [6, 6.07) is 13.8. The monoisotopic (exact) mass is 341 g/mol. The molecular formula is C18H19N3O4. The SMILES string of the molecule is COc1ccc(/C=N/NC(=O)CCC(=O)Nc2ccccc2)cc1O. The van der Waals surface area contributed by atoms with Crippen molar-refractivity contribution in [1.29, 1.82) is 0 Å². The molecule has 0 fully saturated rings. The minimum absolute atomic E-state index is 0.0177. The van der Waals surface area contributed by atoms with Crippen molar-refractivity contribution in [3.8, 4) is 11.5 Å². The Labute approximate surface area is 145 Å². The Hall–Kier alpha value is -3.35. The molecule has 0 atom stereocenters. The lowest BCUT2D eigenvalue weighted by atomic mass is 10.2. The van der Waals surface area contributed by atoms with Crippen molar-refractivity contribution in [2.24, 2.45) is 5.10 Å². The summed E-state index contributed by atoms with van der Waals surface area (Å²) < 4.78 is 4.94. The van der Waals surface area contributed by atoms with Gasteiger partial charge >= 0.3 is 0 Å². The minimum Gasteiger partial charge on any atom is -0.504 e. The average Bonchev–Trinajstić information content (AvgIpc) is 2.61. The molecule has 0 saturated carbocycles. The summed E-state index contributed by atoms with van der Waals surface area (Å²) in [6.07, 6.45) is 1.46. The molecule has 0 spiro atoms. The molecule has 0 radical (unpaired) electrons. The highest BCUT2D eigenvalue weighted by Crippen LogP contribution is 2.25. The maximum absolute atomic E-state index is 11.7. The molecule has 2 rings (SSSR count). The van der Waals surface area contributed by atoms with E-state index in [1.807, 2.05) is 18.2 Å². The largest absolute Gasteiger partial charge is 0.504 e. The van der Waals surface area contributed by atoms with Gasteiger partial charge in [-0.2, -0.15) is 5.10 Å².